The first kappa shape index (κ1) is 17.8. The summed E-state index contributed by atoms with van der Waals surface area (Å²) in [6.45, 7) is 8.47. The monoisotopic (exact) mass is 317 g/mol. The molecule has 5 atom stereocenters. The predicted molar refractivity (Wildman–Crippen MR) is 79.5 cm³/mol. The van der Waals surface area contributed by atoms with E-state index in [2.05, 4.69) is 5.32 Å². The number of carbonyl (C=O) groups is 3. The molecular formula is C14H23NO5S. The fourth-order valence-electron chi connectivity index (χ4n) is 2.38. The zero-order valence-corrected chi connectivity index (χ0v) is 13.9. The Morgan fingerprint density at radius 2 is 1.67 bits per heavy atom. The minimum atomic E-state index is -0.474. The summed E-state index contributed by atoms with van der Waals surface area (Å²) in [5.41, 5.74) is -0.474. The molecule has 1 saturated heterocycles. The van der Waals surface area contributed by atoms with Crippen LogP contribution in [0.5, 0.6) is 0 Å². The molecule has 2 unspecified atom stereocenters. The molecule has 6 nitrogen and oxygen atoms in total. The van der Waals surface area contributed by atoms with Crippen LogP contribution < -0.4 is 5.32 Å². The van der Waals surface area contributed by atoms with Crippen LogP contribution >= 0.6 is 11.8 Å². The van der Waals surface area contributed by atoms with Crippen LogP contribution in [-0.2, 0) is 23.9 Å². The van der Waals surface area contributed by atoms with Gasteiger partial charge in [0.05, 0.1) is 6.04 Å². The first-order chi connectivity index (χ1) is 9.72. The summed E-state index contributed by atoms with van der Waals surface area (Å²) in [7, 11) is 0. The SMILES string of the molecule is CC(=O)NC1[C@@H](C)[C@H](C)C(COC(C)=O)S[C@@H]1OC(C)=O. The van der Waals surface area contributed by atoms with Crippen LogP contribution in [0.1, 0.15) is 34.6 Å². The van der Waals surface area contributed by atoms with Gasteiger partial charge in [-0.3, -0.25) is 14.4 Å². The van der Waals surface area contributed by atoms with Crippen molar-refractivity contribution >= 4 is 29.6 Å². The molecule has 1 aliphatic rings. The lowest BCUT2D eigenvalue weighted by molar-refractivity contribution is -0.146. The van der Waals surface area contributed by atoms with Gasteiger partial charge in [0.1, 0.15) is 6.61 Å². The van der Waals surface area contributed by atoms with E-state index in [1.165, 1.54) is 32.5 Å². The molecule has 0 aliphatic carbocycles. The lowest BCUT2D eigenvalue weighted by atomic mass is 9.86. The van der Waals surface area contributed by atoms with Crippen LogP contribution in [0.25, 0.3) is 0 Å². The van der Waals surface area contributed by atoms with Crippen LogP contribution in [0, 0.1) is 11.8 Å². The summed E-state index contributed by atoms with van der Waals surface area (Å²) in [4.78, 5) is 33.6. The maximum atomic E-state index is 11.4. The first-order valence-corrected chi connectivity index (χ1v) is 7.89. The third-order valence-electron chi connectivity index (χ3n) is 3.69. The van der Waals surface area contributed by atoms with Crippen molar-refractivity contribution in [2.75, 3.05) is 6.61 Å². The fraction of sp³-hybridized carbons (Fsp3) is 0.786. The van der Waals surface area contributed by atoms with E-state index in [0.717, 1.165) is 0 Å². The van der Waals surface area contributed by atoms with Crippen molar-refractivity contribution in [1.29, 1.82) is 0 Å². The van der Waals surface area contributed by atoms with E-state index in [1.54, 1.807) is 0 Å². The number of amides is 1. The average Bonchev–Trinajstić information content (AvgIpc) is 2.35. The molecule has 0 radical (unpaired) electrons. The first-order valence-electron chi connectivity index (χ1n) is 6.95. The summed E-state index contributed by atoms with van der Waals surface area (Å²) in [5, 5.41) is 2.88. The largest absolute Gasteiger partial charge is 0.465 e. The molecule has 1 amide bonds. The molecule has 1 heterocycles. The molecule has 1 N–H and O–H groups in total. The Morgan fingerprint density at radius 3 is 2.14 bits per heavy atom. The molecule has 0 saturated carbocycles. The molecule has 1 fully saturated rings. The molecule has 0 aromatic carbocycles. The van der Waals surface area contributed by atoms with Crippen LogP contribution in [-0.4, -0.2) is 41.2 Å². The third-order valence-corrected chi connectivity index (χ3v) is 5.26. The van der Waals surface area contributed by atoms with Crippen molar-refractivity contribution in [3.05, 3.63) is 0 Å². The van der Waals surface area contributed by atoms with Gasteiger partial charge < -0.3 is 14.8 Å². The van der Waals surface area contributed by atoms with E-state index < -0.39 is 11.4 Å². The van der Waals surface area contributed by atoms with Crippen molar-refractivity contribution in [3.63, 3.8) is 0 Å². The van der Waals surface area contributed by atoms with Gasteiger partial charge in [0.15, 0.2) is 5.44 Å². The summed E-state index contributed by atoms with van der Waals surface area (Å²) in [6.07, 6.45) is 0. The highest BCUT2D eigenvalue weighted by atomic mass is 32.2. The number of hydrogen-bond acceptors (Lipinski definition) is 6. The summed E-state index contributed by atoms with van der Waals surface area (Å²) in [5.74, 6) is -0.576. The van der Waals surface area contributed by atoms with Gasteiger partial charge in [0.2, 0.25) is 5.91 Å². The highest BCUT2D eigenvalue weighted by Crippen LogP contribution is 2.40. The predicted octanol–water partition coefficient (Wildman–Crippen LogP) is 1.33. The van der Waals surface area contributed by atoms with Gasteiger partial charge in [0, 0.05) is 26.0 Å². The molecule has 120 valence electrons. The van der Waals surface area contributed by atoms with Crippen molar-refractivity contribution in [1.82, 2.24) is 5.32 Å². The molecule has 0 aromatic heterocycles. The standard InChI is InChI=1S/C14H23NO5S/c1-7-8(2)13(15-9(3)16)14(20-11(5)18)21-12(7)6-19-10(4)17/h7-8,12-14H,6H2,1-5H3,(H,15,16)/t7-,8-,12?,13?,14-/m0/s1. The smallest absolute Gasteiger partial charge is 0.303 e. The maximum absolute atomic E-state index is 11.4. The van der Waals surface area contributed by atoms with Crippen LogP contribution in [0.15, 0.2) is 0 Å². The Bertz CT molecular complexity index is 412. The van der Waals surface area contributed by atoms with E-state index >= 15 is 0 Å². The number of nitrogens with one attached hydrogen (secondary N) is 1. The van der Waals surface area contributed by atoms with Gasteiger partial charge in [0.25, 0.3) is 0 Å². The highest BCUT2D eigenvalue weighted by Gasteiger charge is 2.43. The lowest BCUT2D eigenvalue weighted by Gasteiger charge is -2.43. The maximum Gasteiger partial charge on any atom is 0.303 e. The highest BCUT2D eigenvalue weighted by molar-refractivity contribution is 8.00. The van der Waals surface area contributed by atoms with E-state index in [9.17, 15) is 14.4 Å². The second-order valence-electron chi connectivity index (χ2n) is 5.40. The number of rotatable bonds is 4. The molecule has 0 aromatic rings. The van der Waals surface area contributed by atoms with Crippen LogP contribution in [0.4, 0.5) is 0 Å². The Morgan fingerprint density at radius 1 is 1.05 bits per heavy atom. The quantitative estimate of drug-likeness (QED) is 0.788. The zero-order chi connectivity index (χ0) is 16.2. The number of ether oxygens (including phenoxy) is 2. The lowest BCUT2D eigenvalue weighted by Crippen LogP contribution is -2.54. The second-order valence-corrected chi connectivity index (χ2v) is 6.74. The van der Waals surface area contributed by atoms with Crippen molar-refractivity contribution in [3.8, 4) is 0 Å². The number of esters is 2. The fourth-order valence-corrected chi connectivity index (χ4v) is 4.05. The number of carbonyl (C=O) groups excluding carboxylic acids is 3. The average molecular weight is 317 g/mol. The number of hydrogen-bond donors (Lipinski definition) is 1. The van der Waals surface area contributed by atoms with Gasteiger partial charge in [-0.05, 0) is 11.8 Å². The van der Waals surface area contributed by atoms with Gasteiger partial charge >= 0.3 is 11.9 Å². The van der Waals surface area contributed by atoms with Crippen LogP contribution in [0.2, 0.25) is 0 Å². The number of thioether (sulfide) groups is 1. The van der Waals surface area contributed by atoms with Crippen molar-refractivity contribution in [2.24, 2.45) is 11.8 Å². The molecule has 1 aliphatic heterocycles. The molecule has 21 heavy (non-hydrogen) atoms. The van der Waals surface area contributed by atoms with E-state index in [4.69, 9.17) is 9.47 Å². The minimum absolute atomic E-state index is 0.0262. The van der Waals surface area contributed by atoms with E-state index in [1.807, 2.05) is 13.8 Å². The van der Waals surface area contributed by atoms with E-state index in [0.29, 0.717) is 0 Å². The Balaban J connectivity index is 2.84. The molecule has 7 heteroatoms. The minimum Gasteiger partial charge on any atom is -0.465 e. The van der Waals surface area contributed by atoms with Gasteiger partial charge in [-0.1, -0.05) is 13.8 Å². The van der Waals surface area contributed by atoms with Gasteiger partial charge in [-0.25, -0.2) is 0 Å². The van der Waals surface area contributed by atoms with Crippen molar-refractivity contribution in [2.45, 2.75) is 51.3 Å². The molecule has 0 bridgehead atoms. The summed E-state index contributed by atoms with van der Waals surface area (Å²) in [6, 6.07) is -0.250. The Hall–Kier alpha value is -1.24. The molecule has 1 rings (SSSR count). The summed E-state index contributed by atoms with van der Waals surface area (Å²) >= 11 is 1.43. The summed E-state index contributed by atoms with van der Waals surface area (Å²) < 4.78 is 10.4. The van der Waals surface area contributed by atoms with Crippen LogP contribution in [0.3, 0.4) is 0 Å². The zero-order valence-electron chi connectivity index (χ0n) is 13.0. The third kappa shape index (κ3) is 5.22. The van der Waals surface area contributed by atoms with E-state index in [-0.39, 0.29) is 41.6 Å². The second kappa shape index (κ2) is 7.68. The van der Waals surface area contributed by atoms with Crippen molar-refractivity contribution < 1.29 is 23.9 Å². The normalized spacial score (nSPS) is 32.1. The molecule has 0 spiro atoms. The van der Waals surface area contributed by atoms with Gasteiger partial charge in [-0.15, -0.1) is 11.8 Å². The Kier molecular flexibility index (Phi) is 6.51. The Labute approximate surface area is 129 Å². The molecular weight excluding hydrogens is 294 g/mol. The topological polar surface area (TPSA) is 81.7 Å². The van der Waals surface area contributed by atoms with Gasteiger partial charge in [-0.2, -0.15) is 0 Å².